The molecular weight excluding hydrogens is 393 g/mol. The molecule has 6 heteroatoms. The van der Waals surface area contributed by atoms with Crippen molar-refractivity contribution in [2.45, 2.75) is 6.61 Å². The zero-order valence-corrected chi connectivity index (χ0v) is 13.4. The molecule has 0 bridgehead atoms. The van der Waals surface area contributed by atoms with Crippen molar-refractivity contribution in [2.75, 3.05) is 0 Å². The van der Waals surface area contributed by atoms with Crippen molar-refractivity contribution in [2.24, 2.45) is 5.16 Å². The Hall–Kier alpha value is -1.40. The van der Waals surface area contributed by atoms with E-state index < -0.39 is 0 Å². The SMILES string of the molecule is O/N=C\c1cc(Br)cc(Br)c1OCc1ccc(F)cc1. The van der Waals surface area contributed by atoms with E-state index in [0.717, 1.165) is 14.5 Å². The molecular formula is C14H10Br2FNO2. The Bertz CT molecular complexity index is 630. The highest BCUT2D eigenvalue weighted by Gasteiger charge is 2.09. The summed E-state index contributed by atoms with van der Waals surface area (Å²) >= 11 is 6.75. The van der Waals surface area contributed by atoms with E-state index in [1.54, 1.807) is 18.2 Å². The quantitative estimate of drug-likeness (QED) is 0.456. The minimum absolute atomic E-state index is 0.285. The van der Waals surface area contributed by atoms with Crippen molar-refractivity contribution < 1.29 is 14.3 Å². The number of halogens is 3. The molecule has 0 saturated carbocycles. The number of rotatable bonds is 4. The van der Waals surface area contributed by atoms with Crippen LogP contribution in [0, 0.1) is 5.82 Å². The minimum atomic E-state index is -0.285. The maximum absolute atomic E-state index is 12.8. The first-order valence-electron chi connectivity index (χ1n) is 5.64. The van der Waals surface area contributed by atoms with Gasteiger partial charge in [-0.2, -0.15) is 0 Å². The van der Waals surface area contributed by atoms with Gasteiger partial charge in [0.25, 0.3) is 0 Å². The monoisotopic (exact) mass is 401 g/mol. The van der Waals surface area contributed by atoms with Gasteiger partial charge in [-0.1, -0.05) is 33.2 Å². The Morgan fingerprint density at radius 3 is 2.55 bits per heavy atom. The Balaban J connectivity index is 2.22. The Morgan fingerprint density at radius 1 is 1.20 bits per heavy atom. The molecule has 0 fully saturated rings. The van der Waals surface area contributed by atoms with Crippen LogP contribution in [0.2, 0.25) is 0 Å². The molecule has 0 spiro atoms. The van der Waals surface area contributed by atoms with Crippen LogP contribution in [0.15, 0.2) is 50.5 Å². The molecule has 104 valence electrons. The molecule has 1 N–H and O–H groups in total. The lowest BCUT2D eigenvalue weighted by atomic mass is 10.2. The van der Waals surface area contributed by atoms with E-state index in [0.29, 0.717) is 11.3 Å². The molecule has 0 heterocycles. The lowest BCUT2D eigenvalue weighted by Crippen LogP contribution is -1.99. The van der Waals surface area contributed by atoms with Crippen LogP contribution in [-0.4, -0.2) is 11.4 Å². The van der Waals surface area contributed by atoms with E-state index in [-0.39, 0.29) is 12.4 Å². The first-order chi connectivity index (χ1) is 9.60. The number of ether oxygens (including phenoxy) is 1. The maximum atomic E-state index is 12.8. The third-order valence-corrected chi connectivity index (χ3v) is 3.58. The Labute approximate surface area is 132 Å². The predicted octanol–water partition coefficient (Wildman–Crippen LogP) is 4.74. The second-order valence-electron chi connectivity index (χ2n) is 3.97. The van der Waals surface area contributed by atoms with E-state index >= 15 is 0 Å². The average Bonchev–Trinajstić information content (AvgIpc) is 2.40. The molecule has 20 heavy (non-hydrogen) atoms. The summed E-state index contributed by atoms with van der Waals surface area (Å²) < 4.78 is 20.1. The van der Waals surface area contributed by atoms with Gasteiger partial charge in [0.15, 0.2) is 0 Å². The summed E-state index contributed by atoms with van der Waals surface area (Å²) in [4.78, 5) is 0. The smallest absolute Gasteiger partial charge is 0.142 e. The summed E-state index contributed by atoms with van der Waals surface area (Å²) in [6.45, 7) is 0.285. The molecule has 0 aliphatic carbocycles. The van der Waals surface area contributed by atoms with Crippen LogP contribution >= 0.6 is 31.9 Å². The highest BCUT2D eigenvalue weighted by atomic mass is 79.9. The molecule has 0 aliphatic rings. The third-order valence-electron chi connectivity index (χ3n) is 2.53. The summed E-state index contributed by atoms with van der Waals surface area (Å²) in [6.07, 6.45) is 1.29. The summed E-state index contributed by atoms with van der Waals surface area (Å²) in [5.74, 6) is 0.266. The summed E-state index contributed by atoms with van der Waals surface area (Å²) in [5.41, 5.74) is 1.46. The molecule has 0 aromatic heterocycles. The van der Waals surface area contributed by atoms with Gasteiger partial charge < -0.3 is 9.94 Å². The van der Waals surface area contributed by atoms with Crippen LogP contribution in [0.1, 0.15) is 11.1 Å². The van der Waals surface area contributed by atoms with Crippen LogP contribution in [-0.2, 0) is 6.61 Å². The van der Waals surface area contributed by atoms with Gasteiger partial charge in [0.2, 0.25) is 0 Å². The summed E-state index contributed by atoms with van der Waals surface area (Å²) in [7, 11) is 0. The van der Waals surface area contributed by atoms with Gasteiger partial charge >= 0.3 is 0 Å². The van der Waals surface area contributed by atoms with E-state index in [4.69, 9.17) is 9.94 Å². The number of hydrogen-bond acceptors (Lipinski definition) is 3. The molecule has 2 aromatic rings. The Kier molecular flexibility index (Phi) is 5.14. The fraction of sp³-hybridized carbons (Fsp3) is 0.0714. The van der Waals surface area contributed by atoms with Gasteiger partial charge in [0, 0.05) is 10.0 Å². The molecule has 0 atom stereocenters. The van der Waals surface area contributed by atoms with Gasteiger partial charge in [0.05, 0.1) is 10.7 Å². The number of oxime groups is 1. The van der Waals surface area contributed by atoms with Crippen molar-refractivity contribution in [3.8, 4) is 5.75 Å². The van der Waals surface area contributed by atoms with Crippen LogP contribution in [0.25, 0.3) is 0 Å². The second kappa shape index (κ2) is 6.85. The van der Waals surface area contributed by atoms with Crippen molar-refractivity contribution in [3.05, 3.63) is 62.3 Å². The van der Waals surface area contributed by atoms with Gasteiger partial charge in [0.1, 0.15) is 18.2 Å². The van der Waals surface area contributed by atoms with E-state index in [1.807, 2.05) is 6.07 Å². The molecule has 0 radical (unpaired) electrons. The standard InChI is InChI=1S/C14H10Br2FNO2/c15-11-5-10(7-18-19)14(13(16)6-11)20-8-9-1-3-12(17)4-2-9/h1-7,19H,8H2/b18-7-. The van der Waals surface area contributed by atoms with Crippen molar-refractivity contribution in [3.63, 3.8) is 0 Å². The Morgan fingerprint density at radius 2 is 1.90 bits per heavy atom. The molecule has 2 aromatic carbocycles. The van der Waals surface area contributed by atoms with E-state index in [2.05, 4.69) is 37.0 Å². The van der Waals surface area contributed by atoms with E-state index in [1.165, 1.54) is 18.3 Å². The zero-order valence-electron chi connectivity index (χ0n) is 10.2. The largest absolute Gasteiger partial charge is 0.487 e. The fourth-order valence-corrected chi connectivity index (χ4v) is 3.00. The van der Waals surface area contributed by atoms with Gasteiger partial charge in [-0.3, -0.25) is 0 Å². The van der Waals surface area contributed by atoms with Gasteiger partial charge in [-0.05, 0) is 45.8 Å². The van der Waals surface area contributed by atoms with Crippen molar-refractivity contribution >= 4 is 38.1 Å². The highest BCUT2D eigenvalue weighted by molar-refractivity contribution is 9.11. The van der Waals surface area contributed by atoms with Crippen molar-refractivity contribution in [1.82, 2.24) is 0 Å². The average molecular weight is 403 g/mol. The molecule has 3 nitrogen and oxygen atoms in total. The number of benzene rings is 2. The number of hydrogen-bond donors (Lipinski definition) is 1. The lowest BCUT2D eigenvalue weighted by Gasteiger charge is -2.11. The molecule has 0 amide bonds. The molecule has 0 aliphatic heterocycles. The summed E-state index contributed by atoms with van der Waals surface area (Å²) in [6, 6.07) is 9.67. The molecule has 2 rings (SSSR count). The predicted molar refractivity (Wildman–Crippen MR) is 82.0 cm³/mol. The van der Waals surface area contributed by atoms with Crippen LogP contribution in [0.4, 0.5) is 4.39 Å². The first kappa shape index (κ1) is 15.0. The van der Waals surface area contributed by atoms with E-state index in [9.17, 15) is 4.39 Å². The number of nitrogens with zero attached hydrogens (tertiary/aromatic N) is 1. The van der Waals surface area contributed by atoms with Gasteiger partial charge in [-0.25, -0.2) is 4.39 Å². The first-order valence-corrected chi connectivity index (χ1v) is 7.22. The summed E-state index contributed by atoms with van der Waals surface area (Å²) in [5, 5.41) is 11.7. The highest BCUT2D eigenvalue weighted by Crippen LogP contribution is 2.32. The maximum Gasteiger partial charge on any atom is 0.142 e. The molecule has 0 unspecified atom stereocenters. The topological polar surface area (TPSA) is 41.8 Å². The molecule has 0 saturated heterocycles. The normalized spacial score (nSPS) is 10.9. The fourth-order valence-electron chi connectivity index (χ4n) is 1.63. The van der Waals surface area contributed by atoms with Crippen LogP contribution in [0.5, 0.6) is 5.75 Å². The zero-order chi connectivity index (χ0) is 14.5. The second-order valence-corrected chi connectivity index (χ2v) is 5.74. The minimum Gasteiger partial charge on any atom is -0.487 e. The third kappa shape index (κ3) is 3.80. The lowest BCUT2D eigenvalue weighted by molar-refractivity contribution is 0.302. The van der Waals surface area contributed by atoms with Crippen molar-refractivity contribution in [1.29, 1.82) is 0 Å². The van der Waals surface area contributed by atoms with Gasteiger partial charge in [-0.15, -0.1) is 0 Å². The van der Waals surface area contributed by atoms with Crippen LogP contribution in [0.3, 0.4) is 0 Å². The van der Waals surface area contributed by atoms with Crippen LogP contribution < -0.4 is 4.74 Å².